The van der Waals surface area contributed by atoms with Crippen molar-refractivity contribution in [3.05, 3.63) is 0 Å². The molecule has 16 heavy (non-hydrogen) atoms. The van der Waals surface area contributed by atoms with Gasteiger partial charge in [0.1, 0.15) is 0 Å². The van der Waals surface area contributed by atoms with E-state index in [-0.39, 0.29) is 0 Å². The van der Waals surface area contributed by atoms with E-state index >= 15 is 0 Å². The van der Waals surface area contributed by atoms with E-state index in [0.29, 0.717) is 0 Å². The van der Waals surface area contributed by atoms with Crippen LogP contribution in [0.5, 0.6) is 0 Å². The standard InChI is InChI=1S/C13H27N3/c1-3-13-4-8-14-7-2-10-16(11-5-13)12-9-15-6-1/h13-15H,1-12H2. The highest BCUT2D eigenvalue weighted by molar-refractivity contribution is 4.71. The van der Waals surface area contributed by atoms with Gasteiger partial charge in [0, 0.05) is 13.1 Å². The van der Waals surface area contributed by atoms with Crippen LogP contribution >= 0.6 is 0 Å². The number of nitrogens with one attached hydrogen (secondary N) is 2. The molecule has 3 nitrogen and oxygen atoms in total. The van der Waals surface area contributed by atoms with Crippen LogP contribution in [0.4, 0.5) is 0 Å². The average Bonchev–Trinajstić information content (AvgIpc) is 2.33. The molecule has 0 radical (unpaired) electrons. The maximum atomic E-state index is 3.58. The molecule has 0 aliphatic carbocycles. The Hall–Kier alpha value is -0.120. The van der Waals surface area contributed by atoms with Gasteiger partial charge in [-0.3, -0.25) is 0 Å². The summed E-state index contributed by atoms with van der Waals surface area (Å²) in [6.07, 6.45) is 6.90. The minimum atomic E-state index is 0.952. The van der Waals surface area contributed by atoms with E-state index < -0.39 is 0 Å². The number of hydrogen-bond acceptors (Lipinski definition) is 3. The minimum Gasteiger partial charge on any atom is -0.317 e. The molecule has 0 amide bonds. The molecule has 2 heterocycles. The first-order chi connectivity index (χ1) is 7.95. The van der Waals surface area contributed by atoms with Gasteiger partial charge in [0.15, 0.2) is 0 Å². The summed E-state index contributed by atoms with van der Waals surface area (Å²) in [7, 11) is 0. The van der Waals surface area contributed by atoms with Crippen molar-refractivity contribution in [2.45, 2.75) is 32.1 Å². The third kappa shape index (κ3) is 4.40. The molecule has 2 aliphatic rings. The van der Waals surface area contributed by atoms with E-state index in [2.05, 4.69) is 15.5 Å². The fourth-order valence-corrected chi connectivity index (χ4v) is 2.87. The predicted octanol–water partition coefficient (Wildman–Crippen LogP) is 1.06. The molecule has 3 heteroatoms. The van der Waals surface area contributed by atoms with E-state index in [1.165, 1.54) is 77.9 Å². The molecule has 2 bridgehead atoms. The first-order valence-corrected chi connectivity index (χ1v) is 7.09. The summed E-state index contributed by atoms with van der Waals surface area (Å²) >= 11 is 0. The highest BCUT2D eigenvalue weighted by atomic mass is 15.1. The molecular formula is C13H27N3. The molecule has 0 spiro atoms. The van der Waals surface area contributed by atoms with Crippen molar-refractivity contribution in [1.82, 2.24) is 15.5 Å². The second-order valence-electron chi connectivity index (χ2n) is 5.28. The van der Waals surface area contributed by atoms with Crippen molar-refractivity contribution in [1.29, 1.82) is 0 Å². The molecular weight excluding hydrogens is 198 g/mol. The largest absolute Gasteiger partial charge is 0.317 e. The lowest BCUT2D eigenvalue weighted by atomic mass is 9.94. The van der Waals surface area contributed by atoms with Gasteiger partial charge in [-0.25, -0.2) is 0 Å². The smallest absolute Gasteiger partial charge is 0.0107 e. The van der Waals surface area contributed by atoms with Crippen molar-refractivity contribution in [3.8, 4) is 0 Å². The molecule has 0 saturated carbocycles. The molecule has 94 valence electrons. The van der Waals surface area contributed by atoms with Gasteiger partial charge in [-0.05, 0) is 70.7 Å². The van der Waals surface area contributed by atoms with Crippen LogP contribution in [-0.2, 0) is 0 Å². The lowest BCUT2D eigenvalue weighted by Crippen LogP contribution is -2.38. The quantitative estimate of drug-likeness (QED) is 0.645. The van der Waals surface area contributed by atoms with Crippen LogP contribution in [0.1, 0.15) is 32.1 Å². The van der Waals surface area contributed by atoms with Gasteiger partial charge in [0.2, 0.25) is 0 Å². The Labute approximate surface area is 100.0 Å². The highest BCUT2D eigenvalue weighted by Gasteiger charge is 2.14. The van der Waals surface area contributed by atoms with Gasteiger partial charge < -0.3 is 15.5 Å². The summed E-state index contributed by atoms with van der Waals surface area (Å²) in [5.41, 5.74) is 0. The SMILES string of the molecule is C1CNCCN2CCCNCCC(C1)CC2. The summed E-state index contributed by atoms with van der Waals surface area (Å²) in [6, 6.07) is 0. The van der Waals surface area contributed by atoms with Crippen LogP contribution < -0.4 is 10.6 Å². The monoisotopic (exact) mass is 225 g/mol. The number of fused-ring (bicyclic) bond motifs is 3. The molecule has 2 unspecified atom stereocenters. The van der Waals surface area contributed by atoms with Gasteiger partial charge in [-0.15, -0.1) is 0 Å². The fourth-order valence-electron chi connectivity index (χ4n) is 2.87. The van der Waals surface area contributed by atoms with Crippen LogP contribution in [0.2, 0.25) is 0 Å². The fraction of sp³-hybridized carbons (Fsp3) is 1.00. The van der Waals surface area contributed by atoms with Crippen LogP contribution in [0.15, 0.2) is 0 Å². The van der Waals surface area contributed by atoms with E-state index in [1.807, 2.05) is 0 Å². The lowest BCUT2D eigenvalue weighted by Gasteiger charge is -2.28. The van der Waals surface area contributed by atoms with Crippen molar-refractivity contribution in [3.63, 3.8) is 0 Å². The first kappa shape index (κ1) is 12.3. The summed E-state index contributed by atoms with van der Waals surface area (Å²) < 4.78 is 0. The van der Waals surface area contributed by atoms with Crippen LogP contribution in [-0.4, -0.2) is 50.7 Å². The Morgan fingerprint density at radius 1 is 0.688 bits per heavy atom. The molecule has 2 saturated heterocycles. The van der Waals surface area contributed by atoms with Crippen molar-refractivity contribution < 1.29 is 0 Å². The van der Waals surface area contributed by atoms with Crippen molar-refractivity contribution >= 4 is 0 Å². The summed E-state index contributed by atoms with van der Waals surface area (Å²) in [6.45, 7) is 8.69. The molecule has 0 aromatic heterocycles. The zero-order valence-electron chi connectivity index (χ0n) is 10.5. The number of rotatable bonds is 0. The zero-order valence-corrected chi connectivity index (χ0v) is 10.5. The molecule has 0 aromatic rings. The lowest BCUT2D eigenvalue weighted by molar-refractivity contribution is 0.223. The minimum absolute atomic E-state index is 0.952. The normalized spacial score (nSPS) is 34.5. The molecule has 2 aliphatic heterocycles. The zero-order chi connectivity index (χ0) is 11.1. The van der Waals surface area contributed by atoms with Gasteiger partial charge in [0.25, 0.3) is 0 Å². The van der Waals surface area contributed by atoms with Crippen LogP contribution in [0.25, 0.3) is 0 Å². The first-order valence-electron chi connectivity index (χ1n) is 7.09. The van der Waals surface area contributed by atoms with E-state index in [4.69, 9.17) is 0 Å². The summed E-state index contributed by atoms with van der Waals surface area (Å²) in [4.78, 5) is 2.65. The van der Waals surface area contributed by atoms with E-state index in [1.54, 1.807) is 0 Å². The second kappa shape index (κ2) is 7.25. The topological polar surface area (TPSA) is 27.3 Å². The van der Waals surface area contributed by atoms with Gasteiger partial charge in [-0.2, -0.15) is 0 Å². The Kier molecular flexibility index (Phi) is 5.59. The Balaban J connectivity index is 1.88. The van der Waals surface area contributed by atoms with Gasteiger partial charge >= 0.3 is 0 Å². The predicted molar refractivity (Wildman–Crippen MR) is 68.8 cm³/mol. The third-order valence-corrected chi connectivity index (χ3v) is 3.98. The molecule has 2 fully saturated rings. The van der Waals surface area contributed by atoms with Crippen molar-refractivity contribution in [2.75, 3.05) is 45.8 Å². The van der Waals surface area contributed by atoms with Gasteiger partial charge in [0.05, 0.1) is 0 Å². The Morgan fingerprint density at radius 3 is 2.56 bits per heavy atom. The summed E-state index contributed by atoms with van der Waals surface area (Å²) in [5.74, 6) is 0.952. The Bertz CT molecular complexity index is 148. The van der Waals surface area contributed by atoms with E-state index in [0.717, 1.165) is 5.92 Å². The second-order valence-corrected chi connectivity index (χ2v) is 5.28. The number of nitrogens with zero attached hydrogens (tertiary/aromatic N) is 1. The average molecular weight is 225 g/mol. The van der Waals surface area contributed by atoms with E-state index in [9.17, 15) is 0 Å². The van der Waals surface area contributed by atoms with Crippen LogP contribution in [0, 0.1) is 5.92 Å². The van der Waals surface area contributed by atoms with Crippen LogP contribution in [0.3, 0.4) is 0 Å². The number of hydrogen-bond donors (Lipinski definition) is 2. The van der Waals surface area contributed by atoms with Gasteiger partial charge in [-0.1, -0.05) is 0 Å². The van der Waals surface area contributed by atoms with Crippen molar-refractivity contribution in [2.24, 2.45) is 5.92 Å². The maximum absolute atomic E-state index is 3.58. The highest BCUT2D eigenvalue weighted by Crippen LogP contribution is 2.17. The third-order valence-electron chi connectivity index (χ3n) is 3.98. The molecule has 2 N–H and O–H groups in total. The molecule has 2 atom stereocenters. The molecule has 2 rings (SSSR count). The molecule has 0 aromatic carbocycles. The Morgan fingerprint density at radius 2 is 1.56 bits per heavy atom. The summed E-state index contributed by atoms with van der Waals surface area (Å²) in [5, 5.41) is 7.15. The maximum Gasteiger partial charge on any atom is 0.0107 e.